The number of carbonyl (C=O) groups excluding carboxylic acids is 1. The average molecular weight is 391 g/mol. The van der Waals surface area contributed by atoms with Crippen molar-refractivity contribution in [3.05, 3.63) is 99.5 Å². The monoisotopic (exact) mass is 391 g/mol. The maximum atomic E-state index is 13.7. The van der Waals surface area contributed by atoms with Crippen molar-refractivity contribution in [1.82, 2.24) is 4.90 Å². The van der Waals surface area contributed by atoms with Gasteiger partial charge in [0.05, 0.1) is 29.8 Å². The van der Waals surface area contributed by atoms with Crippen LogP contribution in [0.3, 0.4) is 0 Å². The van der Waals surface area contributed by atoms with Crippen molar-refractivity contribution in [3.8, 4) is 5.75 Å². The highest BCUT2D eigenvalue weighted by Crippen LogP contribution is 2.39. The van der Waals surface area contributed by atoms with E-state index in [1.54, 1.807) is 24.3 Å². The van der Waals surface area contributed by atoms with Gasteiger partial charge in [-0.2, -0.15) is 0 Å². The van der Waals surface area contributed by atoms with E-state index in [2.05, 4.69) is 0 Å². The molecule has 0 bridgehead atoms. The lowest BCUT2D eigenvalue weighted by Gasteiger charge is -2.24. The number of benzene rings is 2. The van der Waals surface area contributed by atoms with Crippen molar-refractivity contribution in [2.24, 2.45) is 0 Å². The number of carbonyl (C=O) groups is 1. The van der Waals surface area contributed by atoms with E-state index in [0.29, 0.717) is 11.3 Å². The van der Waals surface area contributed by atoms with Crippen molar-refractivity contribution in [3.63, 3.8) is 0 Å². The maximum Gasteiger partial charge on any atom is 0.291 e. The summed E-state index contributed by atoms with van der Waals surface area (Å²) in [4.78, 5) is 27.9. The Hall–Kier alpha value is -3.87. The molecule has 0 radical (unpaired) electrons. The highest BCUT2D eigenvalue weighted by molar-refractivity contribution is 5.99. The molecule has 0 aliphatic carbocycles. The van der Waals surface area contributed by atoms with Gasteiger partial charge in [-0.25, -0.2) is 4.39 Å². The first kappa shape index (κ1) is 17.2. The SMILES string of the molecule is O=C1c2oc3ccc(F)cc3c(=O)c2C(c2ccc(O)cc2)N1Cc1ccco1. The summed E-state index contributed by atoms with van der Waals surface area (Å²) < 4.78 is 24.9. The van der Waals surface area contributed by atoms with Gasteiger partial charge in [0.2, 0.25) is 5.76 Å². The fourth-order valence-electron chi connectivity index (χ4n) is 3.73. The molecule has 1 aliphatic rings. The number of aromatic hydroxyl groups is 1. The largest absolute Gasteiger partial charge is 0.508 e. The zero-order valence-electron chi connectivity index (χ0n) is 15.0. The Kier molecular flexibility index (Phi) is 3.77. The minimum absolute atomic E-state index is 0.0588. The van der Waals surface area contributed by atoms with Gasteiger partial charge >= 0.3 is 0 Å². The van der Waals surface area contributed by atoms with Gasteiger partial charge in [-0.3, -0.25) is 9.59 Å². The fourth-order valence-corrected chi connectivity index (χ4v) is 3.73. The van der Waals surface area contributed by atoms with Crippen molar-refractivity contribution in [2.45, 2.75) is 12.6 Å². The van der Waals surface area contributed by atoms with Crippen molar-refractivity contribution in [2.75, 3.05) is 0 Å². The molecule has 1 aliphatic heterocycles. The van der Waals surface area contributed by atoms with Crippen LogP contribution in [-0.4, -0.2) is 15.9 Å². The summed E-state index contributed by atoms with van der Waals surface area (Å²) in [5, 5.41) is 9.70. The molecular formula is C22H14FNO5. The molecule has 1 N–H and O–H groups in total. The smallest absolute Gasteiger partial charge is 0.291 e. The lowest BCUT2D eigenvalue weighted by Crippen LogP contribution is -2.29. The van der Waals surface area contributed by atoms with E-state index in [0.717, 1.165) is 6.07 Å². The van der Waals surface area contributed by atoms with E-state index in [4.69, 9.17) is 8.83 Å². The molecule has 1 amide bonds. The van der Waals surface area contributed by atoms with E-state index in [1.165, 1.54) is 35.4 Å². The molecular weight excluding hydrogens is 377 g/mol. The number of rotatable bonds is 3. The van der Waals surface area contributed by atoms with Crippen LogP contribution in [0, 0.1) is 5.82 Å². The first-order valence-electron chi connectivity index (χ1n) is 8.91. The summed E-state index contributed by atoms with van der Waals surface area (Å²) in [5.41, 5.74) is 0.441. The lowest BCUT2D eigenvalue weighted by atomic mass is 9.98. The Balaban J connectivity index is 1.75. The van der Waals surface area contributed by atoms with Crippen LogP contribution >= 0.6 is 0 Å². The molecule has 1 unspecified atom stereocenters. The van der Waals surface area contributed by atoms with Crippen LogP contribution in [0.25, 0.3) is 11.0 Å². The van der Waals surface area contributed by atoms with Crippen LogP contribution in [-0.2, 0) is 6.54 Å². The zero-order chi connectivity index (χ0) is 20.1. The molecule has 2 aromatic heterocycles. The van der Waals surface area contributed by atoms with E-state index in [9.17, 15) is 19.1 Å². The molecule has 0 fully saturated rings. The normalized spacial score (nSPS) is 15.8. The summed E-state index contributed by atoms with van der Waals surface area (Å²) in [6, 6.07) is 12.5. The Bertz CT molecular complexity index is 1290. The van der Waals surface area contributed by atoms with Crippen molar-refractivity contribution in [1.29, 1.82) is 0 Å². The van der Waals surface area contributed by atoms with E-state index in [1.807, 2.05) is 0 Å². The predicted molar refractivity (Wildman–Crippen MR) is 101 cm³/mol. The first-order valence-corrected chi connectivity index (χ1v) is 8.91. The Morgan fingerprint density at radius 1 is 1.07 bits per heavy atom. The van der Waals surface area contributed by atoms with Gasteiger partial charge in [-0.05, 0) is 48.0 Å². The number of hydrogen-bond donors (Lipinski definition) is 1. The van der Waals surface area contributed by atoms with Gasteiger partial charge in [0.1, 0.15) is 22.9 Å². The molecule has 2 aromatic carbocycles. The second-order valence-corrected chi connectivity index (χ2v) is 6.82. The number of phenols is 1. The van der Waals surface area contributed by atoms with Crippen LogP contribution in [0.5, 0.6) is 5.75 Å². The number of hydrogen-bond acceptors (Lipinski definition) is 5. The van der Waals surface area contributed by atoms with E-state index < -0.39 is 23.2 Å². The van der Waals surface area contributed by atoms with Crippen LogP contribution in [0.1, 0.15) is 33.5 Å². The van der Waals surface area contributed by atoms with Gasteiger partial charge in [0.15, 0.2) is 5.43 Å². The zero-order valence-corrected chi connectivity index (χ0v) is 15.0. The summed E-state index contributed by atoms with van der Waals surface area (Å²) in [7, 11) is 0. The molecule has 3 heterocycles. The molecule has 29 heavy (non-hydrogen) atoms. The molecule has 1 atom stereocenters. The minimum Gasteiger partial charge on any atom is -0.508 e. The molecule has 0 saturated carbocycles. The Morgan fingerprint density at radius 3 is 2.59 bits per heavy atom. The van der Waals surface area contributed by atoms with Crippen molar-refractivity contribution < 1.29 is 23.1 Å². The molecule has 5 rings (SSSR count). The lowest BCUT2D eigenvalue weighted by molar-refractivity contribution is 0.0701. The Morgan fingerprint density at radius 2 is 1.86 bits per heavy atom. The summed E-state index contributed by atoms with van der Waals surface area (Å²) in [6.45, 7) is 0.117. The molecule has 0 spiro atoms. The summed E-state index contributed by atoms with van der Waals surface area (Å²) in [5.74, 6) is -0.499. The first-order chi connectivity index (χ1) is 14.0. The van der Waals surface area contributed by atoms with Gasteiger partial charge in [0, 0.05) is 0 Å². The Labute approximate surface area is 163 Å². The van der Waals surface area contributed by atoms with Crippen LogP contribution in [0.4, 0.5) is 4.39 Å². The highest BCUT2D eigenvalue weighted by Gasteiger charge is 2.43. The third-order valence-electron chi connectivity index (χ3n) is 5.04. The summed E-state index contributed by atoms with van der Waals surface area (Å²) >= 11 is 0. The van der Waals surface area contributed by atoms with Crippen LogP contribution in [0.2, 0.25) is 0 Å². The van der Waals surface area contributed by atoms with Gasteiger partial charge in [-0.15, -0.1) is 0 Å². The number of phenolic OH excluding ortho intramolecular Hbond substituents is 1. The third kappa shape index (κ3) is 2.70. The molecule has 6 nitrogen and oxygen atoms in total. The van der Waals surface area contributed by atoms with Gasteiger partial charge in [0.25, 0.3) is 5.91 Å². The minimum atomic E-state index is -0.757. The number of nitrogens with zero attached hydrogens (tertiary/aromatic N) is 1. The van der Waals surface area contributed by atoms with Crippen LogP contribution in [0.15, 0.2) is 74.5 Å². The predicted octanol–water partition coefficient (Wildman–Crippen LogP) is 3.98. The van der Waals surface area contributed by atoms with Crippen molar-refractivity contribution >= 4 is 16.9 Å². The van der Waals surface area contributed by atoms with Gasteiger partial charge < -0.3 is 18.8 Å². The molecule has 0 saturated heterocycles. The quantitative estimate of drug-likeness (QED) is 0.571. The number of fused-ring (bicyclic) bond motifs is 2. The topological polar surface area (TPSA) is 83.9 Å². The maximum absolute atomic E-state index is 13.7. The second-order valence-electron chi connectivity index (χ2n) is 6.82. The number of furan rings is 1. The highest BCUT2D eigenvalue weighted by atomic mass is 19.1. The fraction of sp³-hybridized carbons (Fsp3) is 0.0909. The third-order valence-corrected chi connectivity index (χ3v) is 5.04. The number of halogens is 1. The number of amides is 1. The summed E-state index contributed by atoms with van der Waals surface area (Å²) in [6.07, 6.45) is 1.50. The van der Waals surface area contributed by atoms with E-state index >= 15 is 0 Å². The average Bonchev–Trinajstić information content (AvgIpc) is 3.32. The van der Waals surface area contributed by atoms with E-state index in [-0.39, 0.29) is 34.6 Å². The van der Waals surface area contributed by atoms with Crippen LogP contribution < -0.4 is 5.43 Å². The molecule has 4 aromatic rings. The molecule has 144 valence electrons. The second kappa shape index (κ2) is 6.34. The standard InChI is InChI=1S/C22H14FNO5/c23-13-5-8-17-16(10-13)20(26)18-19(12-3-6-14(25)7-4-12)24(22(27)21(18)29-17)11-15-2-1-9-28-15/h1-10,19,25H,11H2. The van der Waals surface area contributed by atoms with Gasteiger partial charge in [-0.1, -0.05) is 12.1 Å². The molecule has 7 heteroatoms.